The second-order valence-corrected chi connectivity index (χ2v) is 10.1. The molecule has 1 aliphatic rings. The number of ether oxygens (including phenoxy) is 1. The molecule has 0 spiro atoms. The third-order valence-electron chi connectivity index (χ3n) is 5.69. The maximum absolute atomic E-state index is 13.6. The highest BCUT2D eigenvalue weighted by molar-refractivity contribution is 5.92. The fourth-order valence-corrected chi connectivity index (χ4v) is 3.92. The molecule has 3 N–H and O–H groups in total. The van der Waals surface area contributed by atoms with Crippen LogP contribution in [0.4, 0.5) is 4.79 Å². The number of benzene rings is 1. The summed E-state index contributed by atoms with van der Waals surface area (Å²) in [6.07, 6.45) is 3.65. The number of carbonyl (C=O) groups is 3. The van der Waals surface area contributed by atoms with Crippen molar-refractivity contribution in [2.45, 2.75) is 97.4 Å². The predicted molar refractivity (Wildman–Crippen MR) is 131 cm³/mol. The fraction of sp³-hybridized carbons (Fsp3) is 0.654. The molecule has 0 heterocycles. The van der Waals surface area contributed by atoms with E-state index >= 15 is 0 Å². The molecule has 8 nitrogen and oxygen atoms in total. The standard InChI is InChI=1S/C26H41N3O5/c1-7-8-9-14-27-23(31)22(20-13-10-17(2)15-18(20)3)29(19-11-12-19)24(32)21(16-30)28-25(33)34-26(4,5)6/h10,13,15,19,21-22,30H,7-9,11-12,14,16H2,1-6H3,(H,27,31)(H,28,33). The highest BCUT2D eigenvalue weighted by Crippen LogP contribution is 2.36. The van der Waals surface area contributed by atoms with E-state index < -0.39 is 36.3 Å². The van der Waals surface area contributed by atoms with Crippen LogP contribution >= 0.6 is 0 Å². The minimum absolute atomic E-state index is 0.130. The summed E-state index contributed by atoms with van der Waals surface area (Å²) in [6, 6.07) is 3.61. The zero-order valence-corrected chi connectivity index (χ0v) is 21.4. The van der Waals surface area contributed by atoms with Gasteiger partial charge in [0.05, 0.1) is 6.61 Å². The molecule has 1 fully saturated rings. The van der Waals surface area contributed by atoms with Crippen LogP contribution in [0.25, 0.3) is 0 Å². The van der Waals surface area contributed by atoms with E-state index in [1.165, 1.54) is 0 Å². The van der Waals surface area contributed by atoms with Gasteiger partial charge in [0.25, 0.3) is 0 Å². The summed E-state index contributed by atoms with van der Waals surface area (Å²) in [4.78, 5) is 41.0. The number of aliphatic hydroxyl groups is 1. The Kier molecular flexibility index (Phi) is 9.91. The van der Waals surface area contributed by atoms with Crippen molar-refractivity contribution in [2.24, 2.45) is 0 Å². The normalized spacial score (nSPS) is 15.3. The molecule has 0 aromatic heterocycles. The van der Waals surface area contributed by atoms with E-state index in [1.807, 2.05) is 32.0 Å². The van der Waals surface area contributed by atoms with Gasteiger partial charge in [-0.2, -0.15) is 0 Å². The van der Waals surface area contributed by atoms with Crippen molar-refractivity contribution in [3.05, 3.63) is 34.9 Å². The van der Waals surface area contributed by atoms with Crippen LogP contribution in [0.15, 0.2) is 18.2 Å². The molecule has 0 bridgehead atoms. The van der Waals surface area contributed by atoms with Crippen LogP contribution in [0.1, 0.15) is 82.5 Å². The molecule has 0 saturated heterocycles. The number of carbonyl (C=O) groups excluding carboxylic acids is 3. The molecule has 190 valence electrons. The lowest BCUT2D eigenvalue weighted by Crippen LogP contribution is -2.55. The molecule has 2 rings (SSSR count). The Bertz CT molecular complexity index is 860. The number of amides is 3. The van der Waals surface area contributed by atoms with Gasteiger partial charge in [-0.05, 0) is 65.0 Å². The SMILES string of the molecule is CCCCCNC(=O)C(c1ccc(C)cc1C)N(C(=O)C(CO)NC(=O)OC(C)(C)C)C1CC1. The van der Waals surface area contributed by atoms with E-state index in [2.05, 4.69) is 17.6 Å². The molecule has 3 amide bonds. The zero-order valence-electron chi connectivity index (χ0n) is 21.4. The fourth-order valence-electron chi connectivity index (χ4n) is 3.92. The Labute approximate surface area is 203 Å². The number of hydrogen-bond acceptors (Lipinski definition) is 5. The van der Waals surface area contributed by atoms with Crippen LogP contribution in [-0.4, -0.2) is 58.8 Å². The van der Waals surface area contributed by atoms with E-state index in [4.69, 9.17) is 4.74 Å². The maximum Gasteiger partial charge on any atom is 0.408 e. The van der Waals surface area contributed by atoms with Crippen molar-refractivity contribution in [1.29, 1.82) is 0 Å². The molecule has 1 aromatic rings. The van der Waals surface area contributed by atoms with E-state index in [9.17, 15) is 19.5 Å². The second kappa shape index (κ2) is 12.2. The highest BCUT2D eigenvalue weighted by Gasteiger charge is 2.44. The number of nitrogens with one attached hydrogen (secondary N) is 2. The van der Waals surface area contributed by atoms with Crippen LogP contribution in [0, 0.1) is 13.8 Å². The Balaban J connectivity index is 2.36. The first-order valence-corrected chi connectivity index (χ1v) is 12.3. The lowest BCUT2D eigenvalue weighted by molar-refractivity contribution is -0.144. The Morgan fingerprint density at radius 3 is 2.38 bits per heavy atom. The number of unbranched alkanes of at least 4 members (excludes halogenated alkanes) is 2. The van der Waals surface area contributed by atoms with Crippen LogP contribution < -0.4 is 10.6 Å². The molecule has 8 heteroatoms. The molecular weight excluding hydrogens is 434 g/mol. The number of hydrogen-bond donors (Lipinski definition) is 3. The van der Waals surface area contributed by atoms with Crippen molar-refractivity contribution in [1.82, 2.24) is 15.5 Å². The molecule has 0 radical (unpaired) electrons. The zero-order chi connectivity index (χ0) is 25.5. The van der Waals surface area contributed by atoms with Crippen molar-refractivity contribution in [3.63, 3.8) is 0 Å². The van der Waals surface area contributed by atoms with Crippen LogP contribution in [-0.2, 0) is 14.3 Å². The number of aliphatic hydroxyl groups excluding tert-OH is 1. The Morgan fingerprint density at radius 2 is 1.85 bits per heavy atom. The van der Waals surface area contributed by atoms with Gasteiger partial charge in [-0.1, -0.05) is 43.5 Å². The van der Waals surface area contributed by atoms with Gasteiger partial charge in [-0.25, -0.2) is 4.79 Å². The summed E-state index contributed by atoms with van der Waals surface area (Å²) in [5.41, 5.74) is 1.97. The van der Waals surface area contributed by atoms with E-state index in [-0.39, 0.29) is 11.9 Å². The predicted octanol–water partition coefficient (Wildman–Crippen LogP) is 3.53. The molecule has 2 unspecified atom stereocenters. The average molecular weight is 476 g/mol. The van der Waals surface area contributed by atoms with Crippen molar-refractivity contribution < 1.29 is 24.2 Å². The van der Waals surface area contributed by atoms with Gasteiger partial charge in [-0.15, -0.1) is 0 Å². The molecule has 1 aliphatic carbocycles. The lowest BCUT2D eigenvalue weighted by atomic mass is 9.96. The van der Waals surface area contributed by atoms with Gasteiger partial charge in [0.15, 0.2) is 0 Å². The first kappa shape index (κ1) is 27.6. The highest BCUT2D eigenvalue weighted by atomic mass is 16.6. The molecule has 1 saturated carbocycles. The summed E-state index contributed by atoms with van der Waals surface area (Å²) < 4.78 is 5.27. The second-order valence-electron chi connectivity index (χ2n) is 10.1. The Morgan fingerprint density at radius 1 is 1.18 bits per heavy atom. The largest absolute Gasteiger partial charge is 0.444 e. The summed E-state index contributed by atoms with van der Waals surface area (Å²) >= 11 is 0. The number of alkyl carbamates (subject to hydrolysis) is 1. The third-order valence-corrected chi connectivity index (χ3v) is 5.69. The smallest absolute Gasteiger partial charge is 0.408 e. The maximum atomic E-state index is 13.6. The Hall–Kier alpha value is -2.61. The van der Waals surface area contributed by atoms with E-state index in [1.54, 1.807) is 25.7 Å². The lowest BCUT2D eigenvalue weighted by Gasteiger charge is -2.35. The van der Waals surface area contributed by atoms with Gasteiger partial charge < -0.3 is 25.4 Å². The summed E-state index contributed by atoms with van der Waals surface area (Å²) in [5.74, 6) is -0.748. The molecule has 2 atom stereocenters. The van der Waals surface area contributed by atoms with Crippen LogP contribution in [0.5, 0.6) is 0 Å². The quantitative estimate of drug-likeness (QED) is 0.425. The molecule has 1 aromatic carbocycles. The van der Waals surface area contributed by atoms with E-state index in [0.717, 1.165) is 48.8 Å². The van der Waals surface area contributed by atoms with Crippen LogP contribution in [0.3, 0.4) is 0 Å². The van der Waals surface area contributed by atoms with Crippen molar-refractivity contribution in [3.8, 4) is 0 Å². The molecular formula is C26H41N3O5. The van der Waals surface area contributed by atoms with Crippen molar-refractivity contribution in [2.75, 3.05) is 13.2 Å². The van der Waals surface area contributed by atoms with Gasteiger partial charge in [0.1, 0.15) is 17.7 Å². The summed E-state index contributed by atoms with van der Waals surface area (Å²) in [7, 11) is 0. The molecule has 0 aliphatic heterocycles. The number of nitrogens with zero attached hydrogens (tertiary/aromatic N) is 1. The van der Waals surface area contributed by atoms with Gasteiger partial charge in [-0.3, -0.25) is 9.59 Å². The van der Waals surface area contributed by atoms with Crippen LogP contribution in [0.2, 0.25) is 0 Å². The first-order chi connectivity index (χ1) is 16.0. The van der Waals surface area contributed by atoms with Gasteiger partial charge in [0, 0.05) is 12.6 Å². The van der Waals surface area contributed by atoms with Gasteiger partial charge >= 0.3 is 6.09 Å². The summed E-state index contributed by atoms with van der Waals surface area (Å²) in [6.45, 7) is 11.1. The minimum atomic E-state index is -1.21. The summed E-state index contributed by atoms with van der Waals surface area (Å²) in [5, 5.41) is 15.4. The topological polar surface area (TPSA) is 108 Å². The first-order valence-electron chi connectivity index (χ1n) is 12.3. The number of rotatable bonds is 11. The minimum Gasteiger partial charge on any atom is -0.444 e. The monoisotopic (exact) mass is 475 g/mol. The third kappa shape index (κ3) is 8.01. The van der Waals surface area contributed by atoms with Gasteiger partial charge in [0.2, 0.25) is 11.8 Å². The molecule has 34 heavy (non-hydrogen) atoms. The van der Waals surface area contributed by atoms with Crippen molar-refractivity contribution >= 4 is 17.9 Å². The number of aryl methyl sites for hydroxylation is 2. The van der Waals surface area contributed by atoms with E-state index in [0.29, 0.717) is 6.54 Å². The average Bonchev–Trinajstić information content (AvgIpc) is 3.57.